The van der Waals surface area contributed by atoms with Crippen molar-refractivity contribution >= 4 is 17.3 Å². The zero-order valence-electron chi connectivity index (χ0n) is 17.7. The molecular formula is C21H19F2N7O4. The van der Waals surface area contributed by atoms with Gasteiger partial charge in [0, 0.05) is 31.5 Å². The van der Waals surface area contributed by atoms with Gasteiger partial charge in [0.2, 0.25) is 5.89 Å². The summed E-state index contributed by atoms with van der Waals surface area (Å²) >= 11 is 0. The van der Waals surface area contributed by atoms with Gasteiger partial charge in [-0.1, -0.05) is 0 Å². The topological polar surface area (TPSA) is 132 Å². The predicted molar refractivity (Wildman–Crippen MR) is 113 cm³/mol. The van der Waals surface area contributed by atoms with Gasteiger partial charge in [0.05, 0.1) is 23.3 Å². The lowest BCUT2D eigenvalue weighted by Gasteiger charge is -2.30. The van der Waals surface area contributed by atoms with E-state index in [9.17, 15) is 23.5 Å². The minimum Gasteiger partial charge on any atom is -0.465 e. The minimum atomic E-state index is -2.86. The highest BCUT2D eigenvalue weighted by Crippen LogP contribution is 2.26. The van der Waals surface area contributed by atoms with Crippen molar-refractivity contribution in [3.8, 4) is 11.5 Å². The summed E-state index contributed by atoms with van der Waals surface area (Å²) in [7, 11) is 0. The Kier molecular flexibility index (Phi) is 5.51. The predicted octanol–water partition coefficient (Wildman–Crippen LogP) is 2.94. The van der Waals surface area contributed by atoms with Crippen molar-refractivity contribution in [3.05, 3.63) is 58.7 Å². The number of nitrogens with zero attached hydrogens (tertiary/aromatic N) is 7. The second-order valence-electron chi connectivity index (χ2n) is 7.87. The minimum absolute atomic E-state index is 0.0718. The van der Waals surface area contributed by atoms with Crippen molar-refractivity contribution in [2.45, 2.75) is 31.9 Å². The number of imidazole rings is 1. The van der Waals surface area contributed by atoms with Gasteiger partial charge in [-0.25, -0.2) is 14.6 Å². The lowest BCUT2D eigenvalue weighted by molar-refractivity contribution is 0.116. The molecule has 0 spiro atoms. The summed E-state index contributed by atoms with van der Waals surface area (Å²) < 4.78 is 33.5. The number of amides is 1. The highest BCUT2D eigenvalue weighted by atomic mass is 19.3. The third-order valence-corrected chi connectivity index (χ3v) is 5.84. The molecule has 1 amide bonds. The van der Waals surface area contributed by atoms with Gasteiger partial charge in [0.15, 0.2) is 5.65 Å². The lowest BCUT2D eigenvalue weighted by Crippen LogP contribution is -2.40. The molecular weight excluding hydrogens is 452 g/mol. The number of pyridine rings is 2. The van der Waals surface area contributed by atoms with E-state index in [1.807, 2.05) is 6.07 Å². The monoisotopic (exact) mass is 471 g/mol. The van der Waals surface area contributed by atoms with E-state index in [0.717, 1.165) is 0 Å². The molecule has 0 aliphatic carbocycles. The SMILES string of the molecule is O=C(O)N1CCC(n2c(=O)n(Cc3ccc(-c4nnc(C(F)F)o4)cn3)c3ncccc32)CC1. The summed E-state index contributed by atoms with van der Waals surface area (Å²) in [5.74, 6) is -0.837. The zero-order valence-corrected chi connectivity index (χ0v) is 17.7. The smallest absolute Gasteiger partial charge is 0.407 e. The van der Waals surface area contributed by atoms with Crippen molar-refractivity contribution in [1.82, 2.24) is 34.2 Å². The van der Waals surface area contributed by atoms with Gasteiger partial charge >= 0.3 is 18.2 Å². The van der Waals surface area contributed by atoms with Crippen molar-refractivity contribution in [2.24, 2.45) is 0 Å². The molecule has 1 N–H and O–H groups in total. The highest BCUT2D eigenvalue weighted by Gasteiger charge is 2.27. The Labute approximate surface area is 190 Å². The van der Waals surface area contributed by atoms with Gasteiger partial charge < -0.3 is 14.4 Å². The molecule has 176 valence electrons. The summed E-state index contributed by atoms with van der Waals surface area (Å²) in [6, 6.07) is 6.67. The highest BCUT2D eigenvalue weighted by molar-refractivity contribution is 5.71. The van der Waals surface area contributed by atoms with Gasteiger partial charge in [0.1, 0.15) is 0 Å². The van der Waals surface area contributed by atoms with E-state index in [1.165, 1.54) is 15.7 Å². The van der Waals surface area contributed by atoms with Crippen LogP contribution in [0.4, 0.5) is 13.6 Å². The Morgan fingerprint density at radius 3 is 2.62 bits per heavy atom. The van der Waals surface area contributed by atoms with Crippen LogP contribution in [-0.4, -0.2) is 58.5 Å². The first kappa shape index (κ1) is 21.7. The fourth-order valence-electron chi connectivity index (χ4n) is 4.16. The van der Waals surface area contributed by atoms with Crippen molar-refractivity contribution in [1.29, 1.82) is 0 Å². The van der Waals surface area contributed by atoms with Crippen LogP contribution >= 0.6 is 0 Å². The van der Waals surface area contributed by atoms with Gasteiger partial charge in [0.25, 0.3) is 5.89 Å². The number of piperidine rings is 1. The number of fused-ring (bicyclic) bond motifs is 1. The normalized spacial score (nSPS) is 14.9. The summed E-state index contributed by atoms with van der Waals surface area (Å²) in [6.45, 7) is 0.844. The number of carboxylic acid groups (broad SMARTS) is 1. The second kappa shape index (κ2) is 8.65. The van der Waals surface area contributed by atoms with Gasteiger partial charge in [-0.05, 0) is 37.1 Å². The number of hydrogen-bond donors (Lipinski definition) is 1. The standard InChI is InChI=1S/C21H19F2N7O4/c22-16(23)19-27-26-18(34-19)12-3-4-13(25-10-12)11-29-17-15(2-1-7-24-17)30(20(29)31)14-5-8-28(9-6-14)21(32)33/h1-4,7,10,14,16H,5-6,8-9,11H2,(H,32,33). The molecule has 0 unspecified atom stereocenters. The average molecular weight is 471 g/mol. The first-order chi connectivity index (χ1) is 16.4. The van der Waals surface area contributed by atoms with E-state index in [1.54, 1.807) is 29.0 Å². The van der Waals surface area contributed by atoms with E-state index >= 15 is 0 Å². The molecule has 1 fully saturated rings. The Morgan fingerprint density at radius 2 is 1.97 bits per heavy atom. The Balaban J connectivity index is 1.43. The van der Waals surface area contributed by atoms with Crippen LogP contribution in [0.1, 0.15) is 36.9 Å². The molecule has 1 saturated heterocycles. The number of rotatable bonds is 5. The van der Waals surface area contributed by atoms with Gasteiger partial charge in [-0.2, -0.15) is 8.78 Å². The maximum atomic E-state index is 13.4. The number of alkyl halides is 2. The molecule has 1 aliphatic rings. The van der Waals surface area contributed by atoms with E-state index in [-0.39, 0.29) is 24.2 Å². The van der Waals surface area contributed by atoms with Crippen molar-refractivity contribution in [2.75, 3.05) is 13.1 Å². The maximum Gasteiger partial charge on any atom is 0.407 e. The van der Waals surface area contributed by atoms with Crippen LogP contribution in [0.5, 0.6) is 0 Å². The molecule has 5 rings (SSSR count). The van der Waals surface area contributed by atoms with Crippen LogP contribution in [0.25, 0.3) is 22.6 Å². The first-order valence-corrected chi connectivity index (χ1v) is 10.5. The average Bonchev–Trinajstić information content (AvgIpc) is 3.44. The Morgan fingerprint density at radius 1 is 1.18 bits per heavy atom. The van der Waals surface area contributed by atoms with Gasteiger partial charge in [-0.3, -0.25) is 14.1 Å². The lowest BCUT2D eigenvalue weighted by atomic mass is 10.1. The number of halogens is 2. The summed E-state index contributed by atoms with van der Waals surface area (Å²) in [6.07, 6.45) is 0.243. The molecule has 13 heteroatoms. The Hall–Kier alpha value is -4.16. The largest absolute Gasteiger partial charge is 0.465 e. The summed E-state index contributed by atoms with van der Waals surface area (Å²) in [4.78, 5) is 34.7. The molecule has 0 radical (unpaired) electrons. The maximum absolute atomic E-state index is 13.4. The van der Waals surface area contributed by atoms with Crippen LogP contribution < -0.4 is 5.69 Å². The summed E-state index contributed by atoms with van der Waals surface area (Å²) in [5.41, 5.74) is 1.83. The van der Waals surface area contributed by atoms with Gasteiger partial charge in [-0.15, -0.1) is 10.2 Å². The molecule has 0 atom stereocenters. The third-order valence-electron chi connectivity index (χ3n) is 5.84. The van der Waals surface area contributed by atoms with Crippen molar-refractivity contribution in [3.63, 3.8) is 0 Å². The van der Waals surface area contributed by atoms with E-state index < -0.39 is 18.4 Å². The molecule has 4 aromatic heterocycles. The zero-order chi connectivity index (χ0) is 23.8. The number of hydrogen-bond acceptors (Lipinski definition) is 7. The molecule has 1 aliphatic heterocycles. The van der Waals surface area contributed by atoms with Crippen LogP contribution in [0, 0.1) is 0 Å². The molecule has 0 bridgehead atoms. The molecule has 11 nitrogen and oxygen atoms in total. The van der Waals surface area contributed by atoms with Crippen LogP contribution in [-0.2, 0) is 6.54 Å². The van der Waals surface area contributed by atoms with Crippen LogP contribution in [0.3, 0.4) is 0 Å². The number of carbonyl (C=O) groups is 1. The fraction of sp³-hybridized carbons (Fsp3) is 0.333. The molecule has 0 aromatic carbocycles. The van der Waals surface area contributed by atoms with Crippen molar-refractivity contribution < 1.29 is 23.1 Å². The van der Waals surface area contributed by atoms with E-state index in [0.29, 0.717) is 48.4 Å². The Bertz CT molecular complexity index is 1390. The second-order valence-corrected chi connectivity index (χ2v) is 7.87. The third kappa shape index (κ3) is 3.89. The first-order valence-electron chi connectivity index (χ1n) is 10.5. The fourth-order valence-corrected chi connectivity index (χ4v) is 4.16. The molecule has 34 heavy (non-hydrogen) atoms. The molecule has 4 aromatic rings. The van der Waals surface area contributed by atoms with E-state index in [2.05, 4.69) is 20.2 Å². The van der Waals surface area contributed by atoms with E-state index in [4.69, 9.17) is 4.42 Å². The quantitative estimate of drug-likeness (QED) is 0.470. The molecule has 5 heterocycles. The summed E-state index contributed by atoms with van der Waals surface area (Å²) in [5, 5.41) is 16.1. The molecule has 0 saturated carbocycles. The number of likely N-dealkylation sites (tertiary alicyclic amines) is 1. The van der Waals surface area contributed by atoms with Crippen LogP contribution in [0.15, 0.2) is 45.9 Å². The van der Waals surface area contributed by atoms with Crippen LogP contribution in [0.2, 0.25) is 0 Å². The number of aromatic nitrogens is 6.